The molecule has 0 amide bonds. The third kappa shape index (κ3) is 3.23. The van der Waals surface area contributed by atoms with Crippen LogP contribution in [-0.2, 0) is 11.2 Å². The molecule has 2 heterocycles. The maximum Gasteiger partial charge on any atom is 0.0949 e. The molecule has 5 heteroatoms. The Labute approximate surface area is 125 Å². The molecule has 1 aromatic heterocycles. The van der Waals surface area contributed by atoms with E-state index in [0.29, 0.717) is 6.04 Å². The Bertz CT molecular complexity index is 552. The minimum Gasteiger partial charge on any atom is -0.379 e. The lowest BCUT2D eigenvalue weighted by atomic mass is 10.2. The first-order chi connectivity index (χ1) is 9.33. The van der Waals surface area contributed by atoms with Gasteiger partial charge in [-0.15, -0.1) is 11.3 Å². The lowest BCUT2D eigenvalue weighted by Crippen LogP contribution is -2.42. The molecule has 1 atom stereocenters. The second kappa shape index (κ2) is 6.13. The lowest BCUT2D eigenvalue weighted by molar-refractivity contribution is 0.0770. The van der Waals surface area contributed by atoms with E-state index in [1.54, 1.807) is 11.3 Å². The Balaban J connectivity index is 1.74. The van der Waals surface area contributed by atoms with Gasteiger partial charge in [0.25, 0.3) is 0 Å². The van der Waals surface area contributed by atoms with E-state index in [-0.39, 0.29) is 0 Å². The molecule has 1 aliphatic rings. The van der Waals surface area contributed by atoms with Crippen molar-refractivity contribution >= 4 is 27.3 Å². The third-order valence-electron chi connectivity index (χ3n) is 3.12. The van der Waals surface area contributed by atoms with Crippen molar-refractivity contribution < 1.29 is 4.74 Å². The van der Waals surface area contributed by atoms with E-state index in [2.05, 4.69) is 32.7 Å². The largest absolute Gasteiger partial charge is 0.379 e. The molecule has 0 spiro atoms. The van der Waals surface area contributed by atoms with E-state index in [4.69, 9.17) is 9.72 Å². The smallest absolute Gasteiger partial charge is 0.0949 e. The van der Waals surface area contributed by atoms with Crippen molar-refractivity contribution in [1.29, 1.82) is 0 Å². The van der Waals surface area contributed by atoms with Gasteiger partial charge in [-0.3, -0.25) is 0 Å². The van der Waals surface area contributed by atoms with E-state index >= 15 is 0 Å². The number of benzene rings is 1. The number of aromatic nitrogens is 1. The average molecular weight is 339 g/mol. The second-order valence-corrected chi connectivity index (χ2v) is 6.33. The summed E-state index contributed by atoms with van der Waals surface area (Å²) in [5.74, 6) is 0. The monoisotopic (exact) mass is 338 g/mol. The molecule has 3 nitrogen and oxygen atoms in total. The van der Waals surface area contributed by atoms with Crippen molar-refractivity contribution in [1.82, 2.24) is 10.3 Å². The molecule has 100 valence electrons. The Morgan fingerprint density at radius 3 is 3.11 bits per heavy atom. The zero-order valence-electron chi connectivity index (χ0n) is 10.4. The first-order valence-corrected chi connectivity index (χ1v) is 8.00. The number of nitrogens with one attached hydrogen (secondary N) is 1. The zero-order valence-corrected chi connectivity index (χ0v) is 12.8. The summed E-state index contributed by atoms with van der Waals surface area (Å²) >= 11 is 5.29. The normalized spacial score (nSPS) is 19.5. The number of morpholine rings is 1. The van der Waals surface area contributed by atoms with Crippen LogP contribution in [0.2, 0.25) is 0 Å². The maximum absolute atomic E-state index is 5.47. The first kappa shape index (κ1) is 13.2. The van der Waals surface area contributed by atoms with Crippen LogP contribution in [0, 0.1) is 0 Å². The minimum absolute atomic E-state index is 0.395. The summed E-state index contributed by atoms with van der Waals surface area (Å²) in [6, 6.07) is 8.59. The van der Waals surface area contributed by atoms with E-state index in [9.17, 15) is 0 Å². The highest BCUT2D eigenvalue weighted by molar-refractivity contribution is 9.10. The van der Waals surface area contributed by atoms with Crippen molar-refractivity contribution in [3.05, 3.63) is 39.1 Å². The molecule has 1 aliphatic heterocycles. The number of ether oxygens (including phenoxy) is 1. The summed E-state index contributed by atoms with van der Waals surface area (Å²) in [6.07, 6.45) is 0.940. The number of hydrogen-bond acceptors (Lipinski definition) is 4. The zero-order chi connectivity index (χ0) is 13.1. The standard InChI is InChI=1S/C14H15BrN2OS/c15-12-4-2-1-3-11(12)13-9-19-14(17-13)7-10-8-18-6-5-16-10/h1-4,9-10,16H,5-8H2. The summed E-state index contributed by atoms with van der Waals surface area (Å²) in [5, 5.41) is 6.75. The van der Waals surface area contributed by atoms with Gasteiger partial charge in [0, 0.05) is 34.4 Å². The van der Waals surface area contributed by atoms with Crippen LogP contribution in [0.25, 0.3) is 11.3 Å². The number of halogens is 1. The SMILES string of the molecule is Brc1ccccc1-c1csc(CC2COCCN2)n1. The predicted octanol–water partition coefficient (Wildman–Crippen LogP) is 3.10. The van der Waals surface area contributed by atoms with Crippen LogP contribution < -0.4 is 5.32 Å². The highest BCUT2D eigenvalue weighted by Crippen LogP contribution is 2.29. The van der Waals surface area contributed by atoms with Crippen LogP contribution in [0.5, 0.6) is 0 Å². The van der Waals surface area contributed by atoms with Gasteiger partial charge < -0.3 is 10.1 Å². The summed E-state index contributed by atoms with van der Waals surface area (Å²) < 4.78 is 6.56. The first-order valence-electron chi connectivity index (χ1n) is 6.33. The van der Waals surface area contributed by atoms with Crippen LogP contribution in [0.15, 0.2) is 34.1 Å². The van der Waals surface area contributed by atoms with Crippen LogP contribution in [0.1, 0.15) is 5.01 Å². The predicted molar refractivity (Wildman–Crippen MR) is 81.6 cm³/mol. The van der Waals surface area contributed by atoms with Crippen molar-refractivity contribution in [2.45, 2.75) is 12.5 Å². The Morgan fingerprint density at radius 2 is 2.32 bits per heavy atom. The lowest BCUT2D eigenvalue weighted by Gasteiger charge is -2.22. The fourth-order valence-electron chi connectivity index (χ4n) is 2.16. The minimum atomic E-state index is 0.395. The molecule has 1 aromatic carbocycles. The van der Waals surface area contributed by atoms with Gasteiger partial charge in [-0.2, -0.15) is 0 Å². The van der Waals surface area contributed by atoms with Gasteiger partial charge in [0.1, 0.15) is 0 Å². The fourth-order valence-corrected chi connectivity index (χ4v) is 3.52. The molecular weight excluding hydrogens is 324 g/mol. The Hall–Kier alpha value is -0.750. The summed E-state index contributed by atoms with van der Waals surface area (Å²) in [4.78, 5) is 4.73. The molecule has 1 fully saturated rings. The Morgan fingerprint density at radius 1 is 1.42 bits per heavy atom. The highest BCUT2D eigenvalue weighted by Gasteiger charge is 2.16. The third-order valence-corrected chi connectivity index (χ3v) is 4.68. The quantitative estimate of drug-likeness (QED) is 0.933. The van der Waals surface area contributed by atoms with Gasteiger partial charge in [-0.05, 0) is 6.07 Å². The van der Waals surface area contributed by atoms with E-state index in [1.165, 1.54) is 0 Å². The van der Waals surface area contributed by atoms with Gasteiger partial charge in [-0.1, -0.05) is 34.1 Å². The number of hydrogen-bond donors (Lipinski definition) is 1. The number of thiazole rings is 1. The second-order valence-electron chi connectivity index (χ2n) is 4.54. The van der Waals surface area contributed by atoms with Crippen molar-refractivity contribution in [3.8, 4) is 11.3 Å². The highest BCUT2D eigenvalue weighted by atomic mass is 79.9. The van der Waals surface area contributed by atoms with E-state index in [1.807, 2.05) is 18.2 Å². The van der Waals surface area contributed by atoms with Crippen LogP contribution in [-0.4, -0.2) is 30.8 Å². The summed E-state index contributed by atoms with van der Waals surface area (Å²) in [7, 11) is 0. The molecule has 19 heavy (non-hydrogen) atoms. The van der Waals surface area contributed by atoms with Crippen LogP contribution in [0.3, 0.4) is 0 Å². The van der Waals surface area contributed by atoms with Crippen molar-refractivity contribution in [2.24, 2.45) is 0 Å². The van der Waals surface area contributed by atoms with E-state index in [0.717, 1.165) is 46.9 Å². The molecule has 0 bridgehead atoms. The molecule has 0 radical (unpaired) electrons. The van der Waals surface area contributed by atoms with E-state index < -0.39 is 0 Å². The summed E-state index contributed by atoms with van der Waals surface area (Å²) in [6.45, 7) is 2.54. The van der Waals surface area contributed by atoms with Gasteiger partial charge in [0.05, 0.1) is 23.9 Å². The van der Waals surface area contributed by atoms with Crippen molar-refractivity contribution in [3.63, 3.8) is 0 Å². The van der Waals surface area contributed by atoms with Gasteiger partial charge in [0.2, 0.25) is 0 Å². The molecule has 2 aromatic rings. The van der Waals surface area contributed by atoms with Crippen LogP contribution in [0.4, 0.5) is 0 Å². The summed E-state index contributed by atoms with van der Waals surface area (Å²) in [5.41, 5.74) is 2.20. The molecule has 0 saturated carbocycles. The molecule has 1 unspecified atom stereocenters. The van der Waals surface area contributed by atoms with Gasteiger partial charge in [0.15, 0.2) is 0 Å². The molecule has 1 saturated heterocycles. The molecule has 3 rings (SSSR count). The maximum atomic E-state index is 5.47. The van der Waals surface area contributed by atoms with Crippen LogP contribution >= 0.6 is 27.3 Å². The van der Waals surface area contributed by atoms with Gasteiger partial charge >= 0.3 is 0 Å². The molecular formula is C14H15BrN2OS. The average Bonchev–Trinajstić information content (AvgIpc) is 2.89. The molecule has 0 aliphatic carbocycles. The molecule has 1 N–H and O–H groups in total. The Kier molecular flexibility index (Phi) is 4.28. The topological polar surface area (TPSA) is 34.1 Å². The van der Waals surface area contributed by atoms with Crippen molar-refractivity contribution in [2.75, 3.05) is 19.8 Å². The number of rotatable bonds is 3. The number of nitrogens with zero attached hydrogens (tertiary/aromatic N) is 1. The van der Waals surface area contributed by atoms with Gasteiger partial charge in [-0.25, -0.2) is 4.98 Å². The fraction of sp³-hybridized carbons (Fsp3) is 0.357.